The molecule has 1 aromatic carbocycles. The lowest BCUT2D eigenvalue weighted by molar-refractivity contribution is 0.00471. The number of aliphatic hydroxyl groups excluding tert-OH is 1. The van der Waals surface area contributed by atoms with E-state index < -0.39 is 0 Å². The third-order valence-electron chi connectivity index (χ3n) is 6.07. The zero-order valence-electron chi connectivity index (χ0n) is 20.4. The van der Waals surface area contributed by atoms with E-state index in [9.17, 15) is 5.11 Å². The maximum absolute atomic E-state index is 9.49. The van der Waals surface area contributed by atoms with Gasteiger partial charge in [0.1, 0.15) is 0 Å². The Kier molecular flexibility index (Phi) is 19.9. The van der Waals surface area contributed by atoms with E-state index in [0.29, 0.717) is 6.61 Å². The molecule has 0 aliphatic heterocycles. The van der Waals surface area contributed by atoms with Crippen LogP contribution in [0.25, 0.3) is 0 Å². The molecular formula is C29H50O2. The second-order valence-electron chi connectivity index (χ2n) is 9.05. The normalized spacial score (nSPS) is 12.6. The fourth-order valence-corrected chi connectivity index (χ4v) is 3.98. The van der Waals surface area contributed by atoms with E-state index in [1.54, 1.807) is 0 Å². The van der Waals surface area contributed by atoms with Gasteiger partial charge in [0, 0.05) is 0 Å². The van der Waals surface area contributed by atoms with Crippen LogP contribution >= 0.6 is 0 Å². The van der Waals surface area contributed by atoms with Crippen molar-refractivity contribution >= 4 is 0 Å². The van der Waals surface area contributed by atoms with Gasteiger partial charge in [-0.25, -0.2) is 0 Å². The number of unbranched alkanes of at least 4 members (excludes halogenated alkanes) is 15. The molecule has 0 fully saturated rings. The molecule has 0 aromatic heterocycles. The van der Waals surface area contributed by atoms with E-state index in [2.05, 4.69) is 31.2 Å². The van der Waals surface area contributed by atoms with Crippen molar-refractivity contribution in [3.8, 4) is 0 Å². The van der Waals surface area contributed by atoms with Gasteiger partial charge in [-0.1, -0.05) is 139 Å². The Balaban J connectivity index is 1.83. The summed E-state index contributed by atoms with van der Waals surface area (Å²) in [4.78, 5) is 0. The molecule has 0 bridgehead atoms. The second-order valence-corrected chi connectivity index (χ2v) is 9.05. The Morgan fingerprint density at radius 3 is 1.74 bits per heavy atom. The molecule has 1 N–H and O–H groups in total. The van der Waals surface area contributed by atoms with Crippen molar-refractivity contribution in [1.29, 1.82) is 0 Å². The van der Waals surface area contributed by atoms with Gasteiger partial charge in [-0.3, -0.25) is 0 Å². The zero-order chi connectivity index (χ0) is 22.2. The van der Waals surface area contributed by atoms with E-state index in [0.717, 1.165) is 18.4 Å². The van der Waals surface area contributed by atoms with E-state index >= 15 is 0 Å². The predicted octanol–water partition coefficient (Wildman–Crippen LogP) is 8.77. The summed E-state index contributed by atoms with van der Waals surface area (Å²) < 4.78 is 5.81. The molecule has 2 heteroatoms. The molecule has 0 aliphatic rings. The van der Waals surface area contributed by atoms with Gasteiger partial charge in [-0.05, 0) is 24.8 Å². The maximum atomic E-state index is 9.49. The van der Waals surface area contributed by atoms with Gasteiger partial charge in [0.05, 0.1) is 19.3 Å². The fraction of sp³-hybridized carbons (Fsp3) is 0.724. The lowest BCUT2D eigenvalue weighted by Gasteiger charge is -2.13. The van der Waals surface area contributed by atoms with Gasteiger partial charge >= 0.3 is 0 Å². The third-order valence-corrected chi connectivity index (χ3v) is 6.07. The lowest BCUT2D eigenvalue weighted by Crippen LogP contribution is -2.16. The topological polar surface area (TPSA) is 29.5 Å². The largest absolute Gasteiger partial charge is 0.394 e. The first-order chi connectivity index (χ1) is 15.4. The average Bonchev–Trinajstić information content (AvgIpc) is 2.81. The standard InChI is InChI=1S/C29H50O2/c1-2-3-4-5-6-7-8-9-10-11-12-13-14-15-16-17-18-22-25-29(26-30)31-27-28-23-20-19-21-24-28/h18-24,29-30H,2-17,25-27H2,1H3/b22-18+/t29-/m1/s1. The molecule has 0 saturated heterocycles. The number of allylic oxidation sites excluding steroid dienone is 1. The van der Waals surface area contributed by atoms with Crippen LogP contribution in [0.1, 0.15) is 122 Å². The van der Waals surface area contributed by atoms with Crippen molar-refractivity contribution < 1.29 is 9.84 Å². The number of rotatable bonds is 22. The summed E-state index contributed by atoms with van der Waals surface area (Å²) in [5.74, 6) is 0. The minimum atomic E-state index is -0.0995. The molecule has 31 heavy (non-hydrogen) atoms. The lowest BCUT2D eigenvalue weighted by atomic mass is 10.0. The van der Waals surface area contributed by atoms with Crippen LogP contribution in [0.2, 0.25) is 0 Å². The quantitative estimate of drug-likeness (QED) is 0.147. The van der Waals surface area contributed by atoms with Crippen LogP contribution in [0.4, 0.5) is 0 Å². The molecule has 1 rings (SSSR count). The van der Waals surface area contributed by atoms with Gasteiger partial charge in [0.25, 0.3) is 0 Å². The van der Waals surface area contributed by atoms with Crippen LogP contribution in [0.5, 0.6) is 0 Å². The molecule has 0 saturated carbocycles. The zero-order valence-corrected chi connectivity index (χ0v) is 20.4. The number of benzene rings is 1. The van der Waals surface area contributed by atoms with Crippen LogP contribution in [0.3, 0.4) is 0 Å². The Morgan fingerprint density at radius 1 is 0.710 bits per heavy atom. The van der Waals surface area contributed by atoms with Gasteiger partial charge in [0.2, 0.25) is 0 Å². The van der Waals surface area contributed by atoms with Crippen LogP contribution in [0, 0.1) is 0 Å². The Hall–Kier alpha value is -1.12. The monoisotopic (exact) mass is 430 g/mol. The van der Waals surface area contributed by atoms with Crippen molar-refractivity contribution in [1.82, 2.24) is 0 Å². The molecule has 0 amide bonds. The number of hydrogen-bond donors (Lipinski definition) is 1. The molecule has 1 atom stereocenters. The molecule has 1 aromatic rings. The molecule has 2 nitrogen and oxygen atoms in total. The van der Waals surface area contributed by atoms with Crippen LogP contribution in [-0.4, -0.2) is 17.8 Å². The Bertz CT molecular complexity index is 497. The maximum Gasteiger partial charge on any atom is 0.0844 e. The first-order valence-electron chi connectivity index (χ1n) is 13.3. The summed E-state index contributed by atoms with van der Waals surface area (Å²) in [6.07, 6.45) is 27.5. The van der Waals surface area contributed by atoms with E-state index in [-0.39, 0.29) is 12.7 Å². The summed E-state index contributed by atoms with van der Waals surface area (Å²) in [6, 6.07) is 10.2. The highest BCUT2D eigenvalue weighted by atomic mass is 16.5. The molecule has 0 heterocycles. The van der Waals surface area contributed by atoms with Crippen LogP contribution in [-0.2, 0) is 11.3 Å². The minimum Gasteiger partial charge on any atom is -0.394 e. The molecular weight excluding hydrogens is 380 g/mol. The molecule has 0 spiro atoms. The van der Waals surface area contributed by atoms with Crippen molar-refractivity contribution in [2.75, 3.05) is 6.61 Å². The van der Waals surface area contributed by atoms with Gasteiger partial charge in [-0.15, -0.1) is 0 Å². The van der Waals surface area contributed by atoms with Crippen molar-refractivity contribution in [2.45, 2.75) is 129 Å². The number of aliphatic hydroxyl groups is 1. The van der Waals surface area contributed by atoms with Crippen molar-refractivity contribution in [3.05, 3.63) is 48.0 Å². The van der Waals surface area contributed by atoms with Gasteiger partial charge < -0.3 is 9.84 Å². The summed E-state index contributed by atoms with van der Waals surface area (Å²) in [6.45, 7) is 2.94. The number of ether oxygens (including phenoxy) is 1. The summed E-state index contributed by atoms with van der Waals surface area (Å²) in [5, 5.41) is 9.49. The molecule has 0 radical (unpaired) electrons. The fourth-order valence-electron chi connectivity index (χ4n) is 3.98. The highest BCUT2D eigenvalue weighted by Crippen LogP contribution is 2.14. The van der Waals surface area contributed by atoms with Crippen LogP contribution < -0.4 is 0 Å². The summed E-state index contributed by atoms with van der Waals surface area (Å²) >= 11 is 0. The predicted molar refractivity (Wildman–Crippen MR) is 135 cm³/mol. The van der Waals surface area contributed by atoms with E-state index in [4.69, 9.17) is 4.74 Å². The molecule has 178 valence electrons. The third kappa shape index (κ3) is 18.2. The highest BCUT2D eigenvalue weighted by molar-refractivity contribution is 5.13. The van der Waals surface area contributed by atoms with E-state index in [1.165, 1.54) is 96.3 Å². The SMILES string of the molecule is CCCCCCCCCCCCCCCCC/C=C/C[C@H](CO)OCc1ccccc1. The highest BCUT2D eigenvalue weighted by Gasteiger charge is 2.05. The van der Waals surface area contributed by atoms with Gasteiger partial charge in [0.15, 0.2) is 0 Å². The smallest absolute Gasteiger partial charge is 0.0844 e. The first-order valence-corrected chi connectivity index (χ1v) is 13.3. The van der Waals surface area contributed by atoms with Crippen molar-refractivity contribution in [2.24, 2.45) is 0 Å². The van der Waals surface area contributed by atoms with Crippen molar-refractivity contribution in [3.63, 3.8) is 0 Å². The van der Waals surface area contributed by atoms with Gasteiger partial charge in [-0.2, -0.15) is 0 Å². The summed E-state index contributed by atoms with van der Waals surface area (Å²) in [7, 11) is 0. The number of hydrogen-bond acceptors (Lipinski definition) is 2. The summed E-state index contributed by atoms with van der Waals surface area (Å²) in [5.41, 5.74) is 1.16. The average molecular weight is 431 g/mol. The van der Waals surface area contributed by atoms with Crippen LogP contribution in [0.15, 0.2) is 42.5 Å². The second kappa shape index (κ2) is 22.1. The molecule has 0 unspecified atom stereocenters. The minimum absolute atomic E-state index is 0.0795. The Morgan fingerprint density at radius 2 is 1.23 bits per heavy atom. The first kappa shape index (κ1) is 27.9. The van der Waals surface area contributed by atoms with E-state index in [1.807, 2.05) is 18.2 Å². The Labute approximate surface area is 193 Å². The molecule has 0 aliphatic carbocycles.